The van der Waals surface area contributed by atoms with E-state index < -0.39 is 0 Å². The first-order chi connectivity index (χ1) is 9.19. The van der Waals surface area contributed by atoms with Gasteiger partial charge in [0.15, 0.2) is 0 Å². The Labute approximate surface area is 119 Å². The maximum Gasteiger partial charge on any atom is 0.147 e. The maximum atomic E-state index is 8.90. The standard InChI is InChI=1S/C14H23N3OS/c1-3-19-10-11(2)16-9-13(14(15)17-18)12-7-5-4-6-8-12/h4-8,11,13,16,18H,3,9-10H2,1-2H3,(H2,15,17). The zero-order valence-corrected chi connectivity index (χ0v) is 12.4. The lowest BCUT2D eigenvalue weighted by Gasteiger charge is -2.20. The molecule has 4 N–H and O–H groups in total. The van der Waals surface area contributed by atoms with Crippen LogP contribution in [-0.4, -0.2) is 35.1 Å². The minimum absolute atomic E-state index is 0.0970. The Morgan fingerprint density at radius 3 is 2.68 bits per heavy atom. The molecule has 0 bridgehead atoms. The number of rotatable bonds is 8. The first-order valence-corrected chi connectivity index (χ1v) is 7.68. The molecule has 1 rings (SSSR count). The summed E-state index contributed by atoms with van der Waals surface area (Å²) in [5, 5.41) is 15.5. The van der Waals surface area contributed by atoms with Crippen molar-refractivity contribution in [3.8, 4) is 0 Å². The Morgan fingerprint density at radius 1 is 1.42 bits per heavy atom. The third-order valence-electron chi connectivity index (χ3n) is 2.92. The molecule has 19 heavy (non-hydrogen) atoms. The van der Waals surface area contributed by atoms with Crippen molar-refractivity contribution in [1.82, 2.24) is 5.32 Å². The molecule has 2 atom stereocenters. The smallest absolute Gasteiger partial charge is 0.147 e. The largest absolute Gasteiger partial charge is 0.409 e. The molecule has 0 radical (unpaired) electrons. The van der Waals surface area contributed by atoms with Gasteiger partial charge in [0, 0.05) is 18.3 Å². The van der Waals surface area contributed by atoms with Crippen molar-refractivity contribution < 1.29 is 5.21 Å². The summed E-state index contributed by atoms with van der Waals surface area (Å²) in [6.45, 7) is 4.98. The van der Waals surface area contributed by atoms with E-state index in [0.29, 0.717) is 12.6 Å². The third kappa shape index (κ3) is 5.53. The summed E-state index contributed by atoms with van der Waals surface area (Å²) in [6, 6.07) is 10.3. The van der Waals surface area contributed by atoms with E-state index in [1.54, 1.807) is 0 Å². The molecule has 5 heteroatoms. The van der Waals surface area contributed by atoms with Crippen molar-refractivity contribution in [2.45, 2.75) is 25.8 Å². The quantitative estimate of drug-likeness (QED) is 0.296. The molecule has 0 saturated carbocycles. The SMILES string of the molecule is CCSCC(C)NCC(/C(N)=N/O)c1ccccc1. The normalized spacial score (nSPS) is 15.2. The highest BCUT2D eigenvalue weighted by molar-refractivity contribution is 7.99. The van der Waals surface area contributed by atoms with E-state index in [2.05, 4.69) is 24.3 Å². The third-order valence-corrected chi connectivity index (χ3v) is 4.06. The number of oxime groups is 1. The first-order valence-electron chi connectivity index (χ1n) is 6.52. The van der Waals surface area contributed by atoms with Crippen LogP contribution in [0.4, 0.5) is 0 Å². The number of benzene rings is 1. The van der Waals surface area contributed by atoms with Crippen molar-refractivity contribution in [2.75, 3.05) is 18.1 Å². The van der Waals surface area contributed by atoms with E-state index in [-0.39, 0.29) is 11.8 Å². The van der Waals surface area contributed by atoms with Gasteiger partial charge in [0.25, 0.3) is 0 Å². The van der Waals surface area contributed by atoms with Gasteiger partial charge < -0.3 is 16.3 Å². The minimum Gasteiger partial charge on any atom is -0.409 e. The van der Waals surface area contributed by atoms with Gasteiger partial charge in [-0.25, -0.2) is 0 Å². The first kappa shape index (κ1) is 15.9. The van der Waals surface area contributed by atoms with E-state index in [4.69, 9.17) is 10.9 Å². The van der Waals surface area contributed by atoms with Gasteiger partial charge in [-0.2, -0.15) is 11.8 Å². The highest BCUT2D eigenvalue weighted by Gasteiger charge is 2.17. The molecule has 1 aromatic carbocycles. The van der Waals surface area contributed by atoms with Gasteiger partial charge in [0.2, 0.25) is 0 Å². The number of thioether (sulfide) groups is 1. The second-order valence-corrected chi connectivity index (χ2v) is 5.78. The molecular weight excluding hydrogens is 258 g/mol. The van der Waals surface area contributed by atoms with Crippen LogP contribution in [-0.2, 0) is 0 Å². The van der Waals surface area contributed by atoms with Crippen LogP contribution in [0.5, 0.6) is 0 Å². The van der Waals surface area contributed by atoms with E-state index >= 15 is 0 Å². The second kappa shape index (κ2) is 8.82. The molecule has 0 heterocycles. The summed E-state index contributed by atoms with van der Waals surface area (Å²) in [5.74, 6) is 2.33. The van der Waals surface area contributed by atoms with Crippen molar-refractivity contribution >= 4 is 17.6 Å². The molecule has 0 aromatic heterocycles. The van der Waals surface area contributed by atoms with Gasteiger partial charge in [-0.15, -0.1) is 0 Å². The predicted molar refractivity (Wildman–Crippen MR) is 83.1 cm³/mol. The average Bonchev–Trinajstić information content (AvgIpc) is 2.46. The van der Waals surface area contributed by atoms with Gasteiger partial charge in [-0.1, -0.05) is 42.4 Å². The topological polar surface area (TPSA) is 70.6 Å². The van der Waals surface area contributed by atoms with Crippen LogP contribution in [0.2, 0.25) is 0 Å². The number of hydrogen-bond acceptors (Lipinski definition) is 4. The van der Waals surface area contributed by atoms with Crippen molar-refractivity contribution in [1.29, 1.82) is 0 Å². The monoisotopic (exact) mass is 281 g/mol. The van der Waals surface area contributed by atoms with Crippen LogP contribution in [0, 0.1) is 0 Å². The van der Waals surface area contributed by atoms with Crippen LogP contribution >= 0.6 is 11.8 Å². The van der Waals surface area contributed by atoms with Gasteiger partial charge >= 0.3 is 0 Å². The van der Waals surface area contributed by atoms with Crippen LogP contribution in [0.15, 0.2) is 35.5 Å². The molecule has 0 amide bonds. The van der Waals surface area contributed by atoms with Crippen LogP contribution in [0.25, 0.3) is 0 Å². The summed E-state index contributed by atoms with van der Waals surface area (Å²) >= 11 is 1.90. The second-order valence-electron chi connectivity index (χ2n) is 4.46. The fourth-order valence-corrected chi connectivity index (χ4v) is 2.53. The Kier molecular flexibility index (Phi) is 7.36. The lowest BCUT2D eigenvalue weighted by molar-refractivity contribution is 0.315. The van der Waals surface area contributed by atoms with Crippen molar-refractivity contribution in [2.24, 2.45) is 10.9 Å². The molecule has 1 aromatic rings. The lowest BCUT2D eigenvalue weighted by atomic mass is 9.98. The highest BCUT2D eigenvalue weighted by Crippen LogP contribution is 2.15. The molecule has 0 fully saturated rings. The Morgan fingerprint density at radius 2 is 2.11 bits per heavy atom. The molecule has 0 saturated heterocycles. The Balaban J connectivity index is 2.62. The molecular formula is C14H23N3OS. The average molecular weight is 281 g/mol. The molecule has 0 aliphatic heterocycles. The van der Waals surface area contributed by atoms with Gasteiger partial charge in [-0.3, -0.25) is 0 Å². The fraction of sp³-hybridized carbons (Fsp3) is 0.500. The molecule has 0 spiro atoms. The fourth-order valence-electron chi connectivity index (χ4n) is 1.82. The van der Waals surface area contributed by atoms with Crippen molar-refractivity contribution in [3.05, 3.63) is 35.9 Å². The summed E-state index contributed by atoms with van der Waals surface area (Å²) < 4.78 is 0. The summed E-state index contributed by atoms with van der Waals surface area (Å²) in [6.07, 6.45) is 0. The summed E-state index contributed by atoms with van der Waals surface area (Å²) in [5.41, 5.74) is 6.85. The number of nitrogens with two attached hydrogens (primary N) is 1. The molecule has 2 unspecified atom stereocenters. The Hall–Kier alpha value is -1.20. The van der Waals surface area contributed by atoms with Crippen molar-refractivity contribution in [3.63, 3.8) is 0 Å². The van der Waals surface area contributed by atoms with E-state index in [9.17, 15) is 0 Å². The number of nitrogens with one attached hydrogen (secondary N) is 1. The van der Waals surface area contributed by atoms with E-state index in [1.165, 1.54) is 0 Å². The molecule has 106 valence electrons. The zero-order valence-electron chi connectivity index (χ0n) is 11.5. The number of nitrogens with zero attached hydrogens (tertiary/aromatic N) is 1. The van der Waals surface area contributed by atoms with Crippen LogP contribution in [0.1, 0.15) is 25.3 Å². The van der Waals surface area contributed by atoms with Gasteiger partial charge in [0.05, 0.1) is 5.92 Å². The van der Waals surface area contributed by atoms with E-state index in [0.717, 1.165) is 17.1 Å². The van der Waals surface area contributed by atoms with Gasteiger partial charge in [-0.05, 0) is 18.2 Å². The molecule has 4 nitrogen and oxygen atoms in total. The number of amidine groups is 1. The summed E-state index contributed by atoms with van der Waals surface area (Å²) in [7, 11) is 0. The van der Waals surface area contributed by atoms with Crippen LogP contribution in [0.3, 0.4) is 0 Å². The molecule has 0 aliphatic carbocycles. The lowest BCUT2D eigenvalue weighted by Crippen LogP contribution is -2.37. The van der Waals surface area contributed by atoms with Gasteiger partial charge in [0.1, 0.15) is 5.84 Å². The maximum absolute atomic E-state index is 8.90. The zero-order chi connectivity index (χ0) is 14.1. The summed E-state index contributed by atoms with van der Waals surface area (Å²) in [4.78, 5) is 0. The Bertz CT molecular complexity index is 384. The minimum atomic E-state index is -0.0970. The number of hydrogen-bond donors (Lipinski definition) is 3. The predicted octanol–water partition coefficient (Wildman–Crippen LogP) is 2.25. The molecule has 0 aliphatic rings. The van der Waals surface area contributed by atoms with E-state index in [1.807, 2.05) is 42.1 Å². The van der Waals surface area contributed by atoms with Crippen LogP contribution < -0.4 is 11.1 Å². The highest BCUT2D eigenvalue weighted by atomic mass is 32.2.